The number of benzene rings is 2. The summed E-state index contributed by atoms with van der Waals surface area (Å²) in [7, 11) is 0. The zero-order chi connectivity index (χ0) is 23.5. The molecule has 1 aliphatic rings. The molecule has 1 fully saturated rings. The van der Waals surface area contributed by atoms with Crippen molar-refractivity contribution in [2.24, 2.45) is 0 Å². The lowest BCUT2D eigenvalue weighted by atomic mass is 9.95. The van der Waals surface area contributed by atoms with Crippen molar-refractivity contribution in [1.29, 1.82) is 0 Å². The van der Waals surface area contributed by atoms with Crippen molar-refractivity contribution in [3.05, 3.63) is 94.3 Å². The van der Waals surface area contributed by atoms with Crippen LogP contribution in [-0.2, 0) is 16.1 Å². The smallest absolute Gasteiger partial charge is 0.295 e. The van der Waals surface area contributed by atoms with Crippen LogP contribution in [0.4, 0.5) is 0 Å². The van der Waals surface area contributed by atoms with E-state index in [1.165, 1.54) is 23.1 Å². The van der Waals surface area contributed by atoms with E-state index in [2.05, 4.69) is 4.98 Å². The molecule has 1 aromatic heterocycles. The van der Waals surface area contributed by atoms with Crippen LogP contribution in [-0.4, -0.2) is 38.4 Å². The van der Waals surface area contributed by atoms with Gasteiger partial charge in [-0.25, -0.2) is 0 Å². The number of aliphatic hydroxyl groups is 1. The molecule has 33 heavy (non-hydrogen) atoms. The fraction of sp³-hybridized carbons (Fsp3) is 0.160. The van der Waals surface area contributed by atoms with Crippen LogP contribution >= 0.6 is 11.6 Å². The summed E-state index contributed by atoms with van der Waals surface area (Å²) in [6, 6.07) is 13.5. The Morgan fingerprint density at radius 3 is 2.67 bits per heavy atom. The molecule has 0 spiro atoms. The highest BCUT2D eigenvalue weighted by Gasteiger charge is 2.46. The average molecular weight is 465 g/mol. The molecule has 1 saturated heterocycles. The number of likely N-dealkylation sites (tertiary alicyclic amines) is 1. The Kier molecular flexibility index (Phi) is 6.33. The van der Waals surface area contributed by atoms with Gasteiger partial charge >= 0.3 is 0 Å². The standard InChI is InChI=1S/C25H21ClN2O5/c1-2-33-20-12-17(8-9-19(20)26)23(30)21-22(16-6-3-7-18(29)11-16)28(25(32)24(21)31)14-15-5-4-10-27-13-15/h3-13,22,29-30H,2,14H2,1H3/b23-21-. The van der Waals surface area contributed by atoms with Crippen LogP contribution < -0.4 is 4.74 Å². The third-order valence-corrected chi connectivity index (χ3v) is 5.62. The summed E-state index contributed by atoms with van der Waals surface area (Å²) in [5, 5.41) is 21.6. The van der Waals surface area contributed by atoms with Crippen LogP contribution in [0.1, 0.15) is 29.7 Å². The molecular formula is C25H21ClN2O5. The molecular weight excluding hydrogens is 444 g/mol. The van der Waals surface area contributed by atoms with Crippen molar-refractivity contribution >= 4 is 29.1 Å². The Labute approximate surface area is 195 Å². The number of phenolic OH excluding ortho intramolecular Hbond substituents is 1. The lowest BCUT2D eigenvalue weighted by Crippen LogP contribution is -2.29. The van der Waals surface area contributed by atoms with Crippen LogP contribution in [0.25, 0.3) is 5.76 Å². The molecule has 1 amide bonds. The Morgan fingerprint density at radius 1 is 1.15 bits per heavy atom. The monoisotopic (exact) mass is 464 g/mol. The highest BCUT2D eigenvalue weighted by Crippen LogP contribution is 2.41. The number of hydrogen-bond donors (Lipinski definition) is 2. The van der Waals surface area contributed by atoms with Gasteiger partial charge in [-0.05, 0) is 54.4 Å². The van der Waals surface area contributed by atoms with Crippen LogP contribution in [0.3, 0.4) is 0 Å². The number of ketones is 1. The van der Waals surface area contributed by atoms with Gasteiger partial charge in [-0.2, -0.15) is 0 Å². The first-order valence-electron chi connectivity index (χ1n) is 10.3. The first-order valence-corrected chi connectivity index (χ1v) is 10.7. The van der Waals surface area contributed by atoms with Crippen molar-refractivity contribution in [1.82, 2.24) is 9.88 Å². The number of ether oxygens (including phenoxy) is 1. The molecule has 8 heteroatoms. The van der Waals surface area contributed by atoms with Crippen molar-refractivity contribution in [3.8, 4) is 11.5 Å². The summed E-state index contributed by atoms with van der Waals surface area (Å²) < 4.78 is 5.50. The normalized spacial score (nSPS) is 17.4. The van der Waals surface area contributed by atoms with Crippen molar-refractivity contribution in [2.75, 3.05) is 6.61 Å². The maximum Gasteiger partial charge on any atom is 0.295 e. The molecule has 1 unspecified atom stereocenters. The van der Waals surface area contributed by atoms with E-state index in [4.69, 9.17) is 16.3 Å². The molecule has 7 nitrogen and oxygen atoms in total. The topological polar surface area (TPSA) is 100.0 Å². The van der Waals surface area contributed by atoms with Gasteiger partial charge in [-0.3, -0.25) is 14.6 Å². The summed E-state index contributed by atoms with van der Waals surface area (Å²) in [4.78, 5) is 31.6. The summed E-state index contributed by atoms with van der Waals surface area (Å²) in [6.07, 6.45) is 3.22. The van der Waals surface area contributed by atoms with Crippen LogP contribution in [0.15, 0.2) is 72.6 Å². The van der Waals surface area contributed by atoms with Crippen molar-refractivity contribution < 1.29 is 24.5 Å². The van der Waals surface area contributed by atoms with Gasteiger partial charge < -0.3 is 19.8 Å². The molecule has 0 bridgehead atoms. The predicted octanol–water partition coefficient (Wildman–Crippen LogP) is 4.46. The van der Waals surface area contributed by atoms with E-state index in [1.807, 2.05) is 0 Å². The fourth-order valence-electron chi connectivity index (χ4n) is 3.85. The molecule has 168 valence electrons. The maximum absolute atomic E-state index is 13.1. The Bertz CT molecular complexity index is 1240. The molecule has 3 aromatic rings. The number of aliphatic hydroxyl groups excluding tert-OH is 1. The van der Waals surface area contributed by atoms with Gasteiger partial charge in [0.1, 0.15) is 17.3 Å². The molecule has 0 saturated carbocycles. The number of phenols is 1. The fourth-order valence-corrected chi connectivity index (χ4v) is 4.02. The lowest BCUT2D eigenvalue weighted by molar-refractivity contribution is -0.140. The van der Waals surface area contributed by atoms with Gasteiger partial charge in [0.15, 0.2) is 0 Å². The van der Waals surface area contributed by atoms with Gasteiger partial charge in [-0.15, -0.1) is 0 Å². The number of hydrogen-bond acceptors (Lipinski definition) is 6. The summed E-state index contributed by atoms with van der Waals surface area (Å²) in [6.45, 7) is 2.26. The summed E-state index contributed by atoms with van der Waals surface area (Å²) >= 11 is 6.16. The number of amides is 1. The van der Waals surface area contributed by atoms with Crippen LogP contribution in [0, 0.1) is 0 Å². The van der Waals surface area contributed by atoms with E-state index in [9.17, 15) is 19.8 Å². The zero-order valence-corrected chi connectivity index (χ0v) is 18.5. The zero-order valence-electron chi connectivity index (χ0n) is 17.7. The second-order valence-corrected chi connectivity index (χ2v) is 7.87. The Morgan fingerprint density at radius 2 is 1.97 bits per heavy atom. The molecule has 2 N–H and O–H groups in total. The second kappa shape index (κ2) is 9.34. The summed E-state index contributed by atoms with van der Waals surface area (Å²) in [5.74, 6) is -1.61. The number of nitrogens with zero attached hydrogens (tertiary/aromatic N) is 2. The van der Waals surface area contributed by atoms with Gasteiger partial charge in [0.2, 0.25) is 0 Å². The molecule has 2 aromatic carbocycles. The molecule has 1 atom stereocenters. The lowest BCUT2D eigenvalue weighted by Gasteiger charge is -2.25. The summed E-state index contributed by atoms with van der Waals surface area (Å²) in [5.41, 5.74) is 1.40. The van der Waals surface area contributed by atoms with Gasteiger partial charge in [0.05, 0.1) is 23.2 Å². The molecule has 1 aliphatic heterocycles. The third kappa shape index (κ3) is 4.40. The van der Waals surface area contributed by atoms with Gasteiger partial charge in [0.25, 0.3) is 11.7 Å². The van der Waals surface area contributed by atoms with E-state index < -0.39 is 17.7 Å². The van der Waals surface area contributed by atoms with Crippen LogP contribution in [0.5, 0.6) is 11.5 Å². The Balaban J connectivity index is 1.87. The van der Waals surface area contributed by atoms with E-state index >= 15 is 0 Å². The van der Waals surface area contributed by atoms with Crippen molar-refractivity contribution in [2.45, 2.75) is 19.5 Å². The quantitative estimate of drug-likeness (QED) is 0.317. The first kappa shape index (κ1) is 22.4. The minimum atomic E-state index is -0.913. The third-order valence-electron chi connectivity index (χ3n) is 5.31. The molecule has 2 heterocycles. The minimum absolute atomic E-state index is 0.0235. The number of aromatic nitrogens is 1. The average Bonchev–Trinajstić information content (AvgIpc) is 3.06. The number of aromatic hydroxyl groups is 1. The van der Waals surface area contributed by atoms with E-state index in [0.717, 1.165) is 5.56 Å². The van der Waals surface area contributed by atoms with E-state index in [0.29, 0.717) is 22.9 Å². The molecule has 4 rings (SSSR count). The van der Waals surface area contributed by atoms with Gasteiger partial charge in [-0.1, -0.05) is 29.8 Å². The van der Waals surface area contributed by atoms with E-state index in [1.54, 1.807) is 55.7 Å². The predicted molar refractivity (Wildman–Crippen MR) is 123 cm³/mol. The number of carbonyl (C=O) groups is 2. The maximum atomic E-state index is 13.1. The Hall–Kier alpha value is -3.84. The van der Waals surface area contributed by atoms with Crippen molar-refractivity contribution in [3.63, 3.8) is 0 Å². The molecule has 0 radical (unpaired) electrons. The van der Waals surface area contributed by atoms with Gasteiger partial charge in [0, 0.05) is 24.5 Å². The van der Waals surface area contributed by atoms with Crippen LogP contribution in [0.2, 0.25) is 5.02 Å². The van der Waals surface area contributed by atoms with E-state index in [-0.39, 0.29) is 29.2 Å². The largest absolute Gasteiger partial charge is 0.508 e. The SMILES string of the molecule is CCOc1cc(/C(O)=C2/C(=O)C(=O)N(Cc3cccnc3)C2c2cccc(O)c2)ccc1Cl. The number of pyridine rings is 1. The molecule has 0 aliphatic carbocycles. The number of carbonyl (C=O) groups excluding carboxylic acids is 2. The first-order chi connectivity index (χ1) is 15.9. The second-order valence-electron chi connectivity index (χ2n) is 7.46. The number of halogens is 1. The number of rotatable bonds is 6. The number of Topliss-reactive ketones (excluding diaryl/α,β-unsaturated/α-hetero) is 1. The minimum Gasteiger partial charge on any atom is -0.508 e. The highest BCUT2D eigenvalue weighted by atomic mass is 35.5. The highest BCUT2D eigenvalue weighted by molar-refractivity contribution is 6.46.